The minimum absolute atomic E-state index is 0.257. The molecule has 0 aliphatic carbocycles. The summed E-state index contributed by atoms with van der Waals surface area (Å²) in [5.41, 5.74) is 7.80. The average molecular weight is 423 g/mol. The highest BCUT2D eigenvalue weighted by atomic mass is 32.1. The molecule has 2 aliphatic rings. The van der Waals surface area contributed by atoms with Crippen molar-refractivity contribution in [2.45, 2.75) is 50.4 Å². The van der Waals surface area contributed by atoms with E-state index in [4.69, 9.17) is 10.5 Å². The molecule has 3 heterocycles. The number of ether oxygens (including phenoxy) is 1. The van der Waals surface area contributed by atoms with Crippen LogP contribution in [0.4, 0.5) is 4.79 Å². The predicted molar refractivity (Wildman–Crippen MR) is 119 cm³/mol. The molecule has 2 aromatic carbocycles. The van der Waals surface area contributed by atoms with Crippen LogP contribution in [0.15, 0.2) is 48.5 Å². The van der Waals surface area contributed by atoms with E-state index >= 15 is 0 Å². The lowest BCUT2D eigenvalue weighted by atomic mass is 9.96. The van der Waals surface area contributed by atoms with Crippen molar-refractivity contribution in [3.8, 4) is 10.9 Å². The molecule has 0 spiro atoms. The highest BCUT2D eigenvalue weighted by Gasteiger charge is 2.43. The van der Waals surface area contributed by atoms with Gasteiger partial charge in [0.1, 0.15) is 5.75 Å². The summed E-state index contributed by atoms with van der Waals surface area (Å²) >= 11 is 1.56. The second kappa shape index (κ2) is 7.89. The van der Waals surface area contributed by atoms with Crippen LogP contribution in [0.1, 0.15) is 31.2 Å². The number of nitrogens with two attached hydrogens (primary N) is 1. The van der Waals surface area contributed by atoms with Crippen LogP contribution in [0.25, 0.3) is 10.2 Å². The molecule has 6 nitrogen and oxygen atoms in total. The van der Waals surface area contributed by atoms with Crippen molar-refractivity contribution < 1.29 is 9.53 Å². The third-order valence-corrected chi connectivity index (χ3v) is 7.34. The first-order valence-electron chi connectivity index (χ1n) is 10.5. The van der Waals surface area contributed by atoms with Crippen molar-refractivity contribution in [3.63, 3.8) is 0 Å². The van der Waals surface area contributed by atoms with E-state index in [-0.39, 0.29) is 6.03 Å². The van der Waals surface area contributed by atoms with Crippen molar-refractivity contribution in [2.24, 2.45) is 5.73 Å². The number of benzene rings is 2. The molecule has 0 saturated carbocycles. The van der Waals surface area contributed by atoms with Crippen LogP contribution in [0.2, 0.25) is 0 Å². The summed E-state index contributed by atoms with van der Waals surface area (Å²) in [6.45, 7) is 0.877. The van der Waals surface area contributed by atoms with Gasteiger partial charge in [0, 0.05) is 24.7 Å². The van der Waals surface area contributed by atoms with Crippen LogP contribution >= 0.6 is 11.3 Å². The van der Waals surface area contributed by atoms with E-state index in [1.54, 1.807) is 11.3 Å². The zero-order valence-corrected chi connectivity index (χ0v) is 17.8. The monoisotopic (exact) mass is 422 g/mol. The Balaban J connectivity index is 1.20. The molecule has 2 aliphatic heterocycles. The van der Waals surface area contributed by atoms with E-state index in [1.165, 1.54) is 5.56 Å². The summed E-state index contributed by atoms with van der Waals surface area (Å²) in [4.78, 5) is 20.6. The maximum absolute atomic E-state index is 11.7. The van der Waals surface area contributed by atoms with Crippen LogP contribution in [-0.4, -0.2) is 46.0 Å². The molecule has 2 saturated heterocycles. The van der Waals surface area contributed by atoms with Crippen LogP contribution in [0, 0.1) is 0 Å². The number of amides is 2. The molecule has 5 rings (SSSR count). The van der Waals surface area contributed by atoms with Gasteiger partial charge in [0.2, 0.25) is 0 Å². The number of primary amides is 1. The van der Waals surface area contributed by atoms with Crippen molar-refractivity contribution >= 4 is 27.6 Å². The van der Waals surface area contributed by atoms with Crippen LogP contribution < -0.4 is 10.5 Å². The summed E-state index contributed by atoms with van der Waals surface area (Å²) in [6, 6.07) is 17.1. The Kier molecular flexibility index (Phi) is 5.08. The summed E-state index contributed by atoms with van der Waals surface area (Å²) in [6.07, 6.45) is 4.18. The second-order valence-corrected chi connectivity index (χ2v) is 9.36. The Morgan fingerprint density at radius 3 is 2.53 bits per heavy atom. The van der Waals surface area contributed by atoms with Crippen molar-refractivity contribution in [3.05, 3.63) is 54.1 Å². The van der Waals surface area contributed by atoms with E-state index in [1.807, 2.05) is 35.2 Å². The first-order valence-corrected chi connectivity index (χ1v) is 11.3. The quantitative estimate of drug-likeness (QED) is 0.653. The van der Waals surface area contributed by atoms with Gasteiger partial charge in [-0.05, 0) is 62.6 Å². The first kappa shape index (κ1) is 19.3. The van der Waals surface area contributed by atoms with Gasteiger partial charge in [-0.3, -0.25) is 4.90 Å². The highest BCUT2D eigenvalue weighted by Crippen LogP contribution is 2.37. The van der Waals surface area contributed by atoms with Crippen molar-refractivity contribution in [1.82, 2.24) is 14.8 Å². The summed E-state index contributed by atoms with van der Waals surface area (Å²) in [5, 5.41) is 0.665. The van der Waals surface area contributed by atoms with Gasteiger partial charge in [0.25, 0.3) is 5.19 Å². The molecule has 2 N–H and O–H groups in total. The Bertz CT molecular complexity index is 1000. The van der Waals surface area contributed by atoms with Crippen LogP contribution in [-0.2, 0) is 6.54 Å². The Morgan fingerprint density at radius 2 is 1.87 bits per heavy atom. The van der Waals surface area contributed by atoms with Gasteiger partial charge >= 0.3 is 6.03 Å². The first-order chi connectivity index (χ1) is 14.6. The Morgan fingerprint density at radius 1 is 1.17 bits per heavy atom. The smallest absolute Gasteiger partial charge is 0.315 e. The lowest BCUT2D eigenvalue weighted by Crippen LogP contribution is -2.53. The van der Waals surface area contributed by atoms with E-state index < -0.39 is 0 Å². The molecule has 2 bridgehead atoms. The fourth-order valence-corrected chi connectivity index (χ4v) is 5.78. The maximum atomic E-state index is 11.7. The number of thiazole rings is 1. The minimum atomic E-state index is -0.257. The number of carbonyl (C=O) groups excluding carboxylic acids is 1. The van der Waals surface area contributed by atoms with Gasteiger partial charge in [-0.1, -0.05) is 35.6 Å². The number of urea groups is 1. The molecule has 0 radical (unpaired) electrons. The molecule has 0 unspecified atom stereocenters. The van der Waals surface area contributed by atoms with Gasteiger partial charge in [0.05, 0.1) is 10.2 Å². The lowest BCUT2D eigenvalue weighted by Gasteiger charge is -2.41. The van der Waals surface area contributed by atoms with E-state index in [0.29, 0.717) is 23.3 Å². The number of nitrogens with zero attached hydrogens (tertiary/aromatic N) is 3. The summed E-state index contributed by atoms with van der Waals surface area (Å²) < 4.78 is 7.08. The fourth-order valence-electron chi connectivity index (χ4n) is 4.94. The standard InChI is InChI=1S/C23H26N4O2S/c1-26(18-12-16-8-9-17(13-18)27(16)22(24)28)14-15-6-10-19(11-7-15)29-23-25-20-4-2-3-5-21(20)30-23/h2-7,10-11,16-18H,8-9,12-14H2,1H3,(H2,24,28)/t16-,17-/m1/s1. The van der Waals surface area contributed by atoms with E-state index in [0.717, 1.165) is 48.2 Å². The van der Waals surface area contributed by atoms with Gasteiger partial charge in [-0.25, -0.2) is 9.78 Å². The summed E-state index contributed by atoms with van der Waals surface area (Å²) in [7, 11) is 2.18. The third-order valence-electron chi connectivity index (χ3n) is 6.42. The molecule has 2 atom stereocenters. The topological polar surface area (TPSA) is 71.7 Å². The molecule has 3 aromatic rings. The average Bonchev–Trinajstić information content (AvgIpc) is 3.26. The molecule has 2 fully saturated rings. The van der Waals surface area contributed by atoms with Gasteiger partial charge in [-0.15, -0.1) is 0 Å². The van der Waals surface area contributed by atoms with Crippen molar-refractivity contribution in [2.75, 3.05) is 7.05 Å². The number of rotatable bonds is 5. The number of piperidine rings is 1. The normalized spacial score (nSPS) is 23.3. The molecular formula is C23H26N4O2S. The Labute approximate surface area is 180 Å². The van der Waals surface area contributed by atoms with Crippen LogP contribution in [0.3, 0.4) is 0 Å². The molecule has 7 heteroatoms. The number of hydrogen-bond acceptors (Lipinski definition) is 5. The zero-order chi connectivity index (χ0) is 20.7. The SMILES string of the molecule is CN(Cc1ccc(Oc2nc3ccccc3s2)cc1)C1C[C@H]2CC[C@H](C1)N2C(N)=O. The lowest BCUT2D eigenvalue weighted by molar-refractivity contribution is 0.0904. The zero-order valence-electron chi connectivity index (χ0n) is 17.0. The predicted octanol–water partition coefficient (Wildman–Crippen LogP) is 4.59. The van der Waals surface area contributed by atoms with Gasteiger partial charge in [-0.2, -0.15) is 0 Å². The molecular weight excluding hydrogens is 396 g/mol. The maximum Gasteiger partial charge on any atom is 0.315 e. The number of fused-ring (bicyclic) bond motifs is 3. The van der Waals surface area contributed by atoms with Crippen molar-refractivity contribution in [1.29, 1.82) is 0 Å². The largest absolute Gasteiger partial charge is 0.431 e. The Hall–Kier alpha value is -2.64. The number of hydrogen-bond donors (Lipinski definition) is 1. The van der Waals surface area contributed by atoms with E-state index in [9.17, 15) is 4.79 Å². The van der Waals surface area contributed by atoms with E-state index in [2.05, 4.69) is 35.1 Å². The molecule has 1 aromatic heterocycles. The molecule has 156 valence electrons. The van der Waals surface area contributed by atoms with Gasteiger partial charge < -0.3 is 15.4 Å². The number of carbonyl (C=O) groups is 1. The van der Waals surface area contributed by atoms with Gasteiger partial charge in [0.15, 0.2) is 0 Å². The summed E-state index contributed by atoms with van der Waals surface area (Å²) in [5.74, 6) is 0.799. The second-order valence-electron chi connectivity index (χ2n) is 8.36. The minimum Gasteiger partial charge on any atom is -0.431 e. The number of para-hydroxylation sites is 1. The fraction of sp³-hybridized carbons (Fsp3) is 0.391. The highest BCUT2D eigenvalue weighted by molar-refractivity contribution is 7.20. The number of aromatic nitrogens is 1. The molecule has 2 amide bonds. The van der Waals surface area contributed by atoms with Crippen LogP contribution in [0.5, 0.6) is 10.9 Å². The molecule has 30 heavy (non-hydrogen) atoms. The third kappa shape index (κ3) is 3.75.